The van der Waals surface area contributed by atoms with Crippen LogP contribution in [0.25, 0.3) is 16.7 Å². The van der Waals surface area contributed by atoms with Gasteiger partial charge in [-0.1, -0.05) is 35.9 Å². The third-order valence-electron chi connectivity index (χ3n) is 4.32. The average Bonchev–Trinajstić information content (AvgIpc) is 3.09. The monoisotopic (exact) mass is 415 g/mol. The number of halogens is 4. The smallest absolute Gasteiger partial charge is 0.322 e. The zero-order chi connectivity index (χ0) is 20.6. The van der Waals surface area contributed by atoms with E-state index >= 15 is 0 Å². The number of para-hydroxylation sites is 2. The molecule has 0 fully saturated rings. The Bertz CT molecular complexity index is 1200. The number of alkyl halides is 3. The first-order valence-electron chi connectivity index (χ1n) is 8.55. The summed E-state index contributed by atoms with van der Waals surface area (Å²) in [4.78, 5) is 16.1. The SMILES string of the molecule is O=C(Nc1ccc(-n2c(C(F)(F)F)nc3ccccc32)cc1)c1ccccc1Cl. The first-order chi connectivity index (χ1) is 13.8. The molecule has 0 saturated carbocycles. The van der Waals surface area contributed by atoms with Gasteiger partial charge in [0, 0.05) is 11.4 Å². The number of fused-ring (bicyclic) bond motifs is 1. The van der Waals surface area contributed by atoms with Gasteiger partial charge in [-0.2, -0.15) is 13.2 Å². The molecule has 0 aliphatic heterocycles. The summed E-state index contributed by atoms with van der Waals surface area (Å²) in [7, 11) is 0. The molecule has 29 heavy (non-hydrogen) atoms. The number of anilines is 1. The Morgan fingerprint density at radius 2 is 1.59 bits per heavy atom. The molecule has 0 aliphatic carbocycles. The fraction of sp³-hybridized carbons (Fsp3) is 0.0476. The molecule has 0 saturated heterocycles. The van der Waals surface area contributed by atoms with Crippen LogP contribution in [0, 0.1) is 0 Å². The molecule has 1 heterocycles. The Morgan fingerprint density at radius 3 is 2.28 bits per heavy atom. The van der Waals surface area contributed by atoms with Gasteiger partial charge in [0.1, 0.15) is 0 Å². The predicted octanol–water partition coefficient (Wildman–Crippen LogP) is 5.95. The molecule has 0 radical (unpaired) electrons. The first-order valence-corrected chi connectivity index (χ1v) is 8.93. The van der Waals surface area contributed by atoms with Crippen molar-refractivity contribution in [2.24, 2.45) is 0 Å². The van der Waals surface area contributed by atoms with E-state index in [0.29, 0.717) is 21.8 Å². The molecular weight excluding hydrogens is 403 g/mol. The van der Waals surface area contributed by atoms with Crippen LogP contribution in [0.4, 0.5) is 18.9 Å². The van der Waals surface area contributed by atoms with Gasteiger partial charge in [0.05, 0.1) is 21.6 Å². The van der Waals surface area contributed by atoms with Crippen LogP contribution in [0.15, 0.2) is 72.8 Å². The third kappa shape index (κ3) is 3.69. The zero-order valence-corrected chi connectivity index (χ0v) is 15.5. The van der Waals surface area contributed by atoms with E-state index in [2.05, 4.69) is 10.3 Å². The molecule has 0 bridgehead atoms. The summed E-state index contributed by atoms with van der Waals surface area (Å²) in [6.07, 6.45) is -4.62. The fourth-order valence-corrected chi connectivity index (χ4v) is 3.24. The highest BCUT2D eigenvalue weighted by molar-refractivity contribution is 6.34. The second kappa shape index (κ2) is 7.25. The number of nitrogens with zero attached hydrogens (tertiary/aromatic N) is 2. The van der Waals surface area contributed by atoms with Gasteiger partial charge in [0.15, 0.2) is 0 Å². The van der Waals surface area contributed by atoms with Crippen LogP contribution in [0.5, 0.6) is 0 Å². The fourth-order valence-electron chi connectivity index (χ4n) is 3.02. The van der Waals surface area contributed by atoms with Gasteiger partial charge in [-0.25, -0.2) is 4.98 Å². The van der Waals surface area contributed by atoms with E-state index in [0.717, 1.165) is 4.57 Å². The number of rotatable bonds is 3. The van der Waals surface area contributed by atoms with E-state index in [1.165, 1.54) is 30.3 Å². The summed E-state index contributed by atoms with van der Waals surface area (Å²) in [6, 6.07) is 19.0. The van der Waals surface area contributed by atoms with Crippen LogP contribution in [0.3, 0.4) is 0 Å². The zero-order valence-electron chi connectivity index (χ0n) is 14.7. The Labute approximate surface area is 168 Å². The molecule has 1 amide bonds. The van der Waals surface area contributed by atoms with Crippen molar-refractivity contribution in [2.75, 3.05) is 5.32 Å². The molecule has 4 aromatic rings. The number of aromatic nitrogens is 2. The lowest BCUT2D eigenvalue weighted by Crippen LogP contribution is -2.14. The molecule has 1 N–H and O–H groups in total. The highest BCUT2D eigenvalue weighted by Gasteiger charge is 2.38. The van der Waals surface area contributed by atoms with Gasteiger partial charge in [-0.05, 0) is 48.5 Å². The lowest BCUT2D eigenvalue weighted by atomic mass is 10.2. The molecule has 0 atom stereocenters. The Kier molecular flexibility index (Phi) is 4.76. The molecular formula is C21H13ClF3N3O. The van der Waals surface area contributed by atoms with Gasteiger partial charge < -0.3 is 5.32 Å². The molecule has 146 valence electrons. The van der Waals surface area contributed by atoms with Crippen molar-refractivity contribution in [1.29, 1.82) is 0 Å². The second-order valence-corrected chi connectivity index (χ2v) is 6.65. The van der Waals surface area contributed by atoms with E-state index < -0.39 is 17.9 Å². The summed E-state index contributed by atoms with van der Waals surface area (Å²) < 4.78 is 41.5. The molecule has 0 aliphatic rings. The molecule has 1 aromatic heterocycles. The summed E-state index contributed by atoms with van der Waals surface area (Å²) in [6.45, 7) is 0. The van der Waals surface area contributed by atoms with E-state index in [1.807, 2.05) is 0 Å². The molecule has 4 nitrogen and oxygen atoms in total. The third-order valence-corrected chi connectivity index (χ3v) is 4.65. The van der Waals surface area contributed by atoms with Gasteiger partial charge in [0.2, 0.25) is 5.82 Å². The molecule has 8 heteroatoms. The maximum Gasteiger partial charge on any atom is 0.450 e. The van der Waals surface area contributed by atoms with E-state index in [1.54, 1.807) is 42.5 Å². The second-order valence-electron chi connectivity index (χ2n) is 6.24. The van der Waals surface area contributed by atoms with Crippen molar-refractivity contribution in [2.45, 2.75) is 6.18 Å². The van der Waals surface area contributed by atoms with E-state index in [-0.39, 0.29) is 11.2 Å². The quantitative estimate of drug-likeness (QED) is 0.449. The number of nitrogens with one attached hydrogen (secondary N) is 1. The highest BCUT2D eigenvalue weighted by atomic mass is 35.5. The van der Waals surface area contributed by atoms with Crippen molar-refractivity contribution >= 4 is 34.2 Å². The van der Waals surface area contributed by atoms with Crippen LogP contribution in [-0.4, -0.2) is 15.5 Å². The maximum atomic E-state index is 13.5. The number of hydrogen-bond donors (Lipinski definition) is 1. The Balaban J connectivity index is 1.69. The minimum absolute atomic E-state index is 0.246. The lowest BCUT2D eigenvalue weighted by Gasteiger charge is -2.12. The van der Waals surface area contributed by atoms with E-state index in [4.69, 9.17) is 11.6 Å². The lowest BCUT2D eigenvalue weighted by molar-refractivity contribution is -0.145. The van der Waals surface area contributed by atoms with Crippen molar-refractivity contribution in [3.05, 3.63) is 89.2 Å². The highest BCUT2D eigenvalue weighted by Crippen LogP contribution is 2.34. The molecule has 4 rings (SSSR count). The standard InChI is InChI=1S/C21H13ClF3N3O/c22-16-6-2-1-5-15(16)19(29)26-13-9-11-14(12-10-13)28-18-8-4-3-7-17(18)27-20(28)21(23,24)25/h1-12H,(H,26,29). The van der Waals surface area contributed by atoms with Gasteiger partial charge in [0.25, 0.3) is 5.91 Å². The normalized spacial score (nSPS) is 11.6. The number of carbonyl (C=O) groups excluding carboxylic acids is 1. The van der Waals surface area contributed by atoms with Gasteiger partial charge >= 0.3 is 6.18 Å². The maximum absolute atomic E-state index is 13.5. The summed E-state index contributed by atoms with van der Waals surface area (Å²) in [5, 5.41) is 2.99. The molecule has 0 spiro atoms. The molecule has 0 unspecified atom stereocenters. The Hall–Kier alpha value is -3.32. The number of hydrogen-bond acceptors (Lipinski definition) is 2. The van der Waals surface area contributed by atoms with Crippen molar-refractivity contribution < 1.29 is 18.0 Å². The Morgan fingerprint density at radius 1 is 0.931 bits per heavy atom. The van der Waals surface area contributed by atoms with Crippen LogP contribution < -0.4 is 5.32 Å². The van der Waals surface area contributed by atoms with Crippen LogP contribution in [-0.2, 0) is 6.18 Å². The van der Waals surface area contributed by atoms with Crippen LogP contribution >= 0.6 is 11.6 Å². The number of benzene rings is 3. The van der Waals surface area contributed by atoms with Crippen LogP contribution in [0.2, 0.25) is 5.02 Å². The number of imidazole rings is 1. The van der Waals surface area contributed by atoms with E-state index in [9.17, 15) is 18.0 Å². The first kappa shape index (κ1) is 19.0. The van der Waals surface area contributed by atoms with Crippen molar-refractivity contribution in [3.63, 3.8) is 0 Å². The number of carbonyl (C=O) groups is 1. The number of amides is 1. The summed E-state index contributed by atoms with van der Waals surface area (Å²) in [5.74, 6) is -1.42. The van der Waals surface area contributed by atoms with Crippen molar-refractivity contribution in [1.82, 2.24) is 9.55 Å². The van der Waals surface area contributed by atoms with Gasteiger partial charge in [-0.15, -0.1) is 0 Å². The minimum Gasteiger partial charge on any atom is -0.322 e. The average molecular weight is 416 g/mol. The predicted molar refractivity (Wildman–Crippen MR) is 105 cm³/mol. The van der Waals surface area contributed by atoms with Gasteiger partial charge in [-0.3, -0.25) is 9.36 Å². The summed E-state index contributed by atoms with van der Waals surface area (Å²) in [5.41, 5.74) is 1.60. The van der Waals surface area contributed by atoms with Crippen molar-refractivity contribution in [3.8, 4) is 5.69 Å². The summed E-state index contributed by atoms with van der Waals surface area (Å²) >= 11 is 6.02. The largest absolute Gasteiger partial charge is 0.450 e. The van der Waals surface area contributed by atoms with Crippen LogP contribution in [0.1, 0.15) is 16.2 Å². The molecule has 3 aromatic carbocycles. The topological polar surface area (TPSA) is 46.9 Å². The minimum atomic E-state index is -4.62.